The quantitative estimate of drug-likeness (QED) is 0.505. The van der Waals surface area contributed by atoms with Crippen LogP contribution in [-0.4, -0.2) is 70.9 Å². The molecule has 0 unspecified atom stereocenters. The third kappa shape index (κ3) is 5.13. The maximum Gasteiger partial charge on any atom is 0.236 e. The minimum atomic E-state index is 0.278. The van der Waals surface area contributed by atoms with Crippen molar-refractivity contribution in [2.45, 2.75) is 38.3 Å². The molecule has 6 rings (SSSR count). The molecule has 0 bridgehead atoms. The summed E-state index contributed by atoms with van der Waals surface area (Å²) in [6.07, 6.45) is 4.96. The van der Waals surface area contributed by atoms with Gasteiger partial charge in [-0.2, -0.15) is 0 Å². The van der Waals surface area contributed by atoms with Gasteiger partial charge in [0.25, 0.3) is 0 Å². The number of ether oxygens (including phenoxy) is 1. The molecule has 1 amide bonds. The summed E-state index contributed by atoms with van der Waals surface area (Å²) in [5, 5.41) is 1.04. The van der Waals surface area contributed by atoms with E-state index in [1.54, 1.807) is 11.3 Å². The van der Waals surface area contributed by atoms with E-state index < -0.39 is 0 Å². The van der Waals surface area contributed by atoms with Gasteiger partial charge in [-0.15, -0.1) is 11.3 Å². The Morgan fingerprint density at radius 1 is 0.943 bits per heavy atom. The molecule has 35 heavy (non-hydrogen) atoms. The van der Waals surface area contributed by atoms with Crippen LogP contribution in [0.3, 0.4) is 0 Å². The second-order valence-corrected chi connectivity index (χ2v) is 10.9. The second kappa shape index (κ2) is 10.1. The van der Waals surface area contributed by atoms with E-state index in [-0.39, 0.29) is 5.91 Å². The predicted molar refractivity (Wildman–Crippen MR) is 139 cm³/mol. The summed E-state index contributed by atoms with van der Waals surface area (Å²) in [6, 6.07) is 18.8. The fourth-order valence-electron chi connectivity index (χ4n) is 5.18. The third-order valence-corrected chi connectivity index (χ3v) is 8.64. The number of amides is 1. The van der Waals surface area contributed by atoms with Gasteiger partial charge in [-0.1, -0.05) is 24.6 Å². The van der Waals surface area contributed by atoms with Crippen molar-refractivity contribution in [3.63, 3.8) is 0 Å². The van der Waals surface area contributed by atoms with E-state index in [1.807, 2.05) is 42.5 Å². The number of piperazine rings is 1. The average molecular weight is 489 g/mol. The van der Waals surface area contributed by atoms with Crippen LogP contribution >= 0.6 is 11.3 Å². The molecule has 7 heteroatoms. The molecule has 0 radical (unpaired) electrons. The zero-order valence-electron chi connectivity index (χ0n) is 20.1. The van der Waals surface area contributed by atoms with Crippen LogP contribution in [-0.2, 0) is 17.8 Å². The molecule has 182 valence electrons. The zero-order chi connectivity index (χ0) is 23.6. The van der Waals surface area contributed by atoms with Crippen molar-refractivity contribution in [1.82, 2.24) is 19.7 Å². The van der Waals surface area contributed by atoms with Crippen molar-refractivity contribution >= 4 is 17.2 Å². The number of rotatable bonds is 6. The van der Waals surface area contributed by atoms with Gasteiger partial charge in [0.15, 0.2) is 0 Å². The molecule has 1 aliphatic carbocycles. The SMILES string of the molecule is O=C(CN1CCc2nc(-c3ccc(Oc4ccccc4)cc3)sc2C1)N1CCN(C2CCC2)CC1. The van der Waals surface area contributed by atoms with E-state index in [1.165, 1.54) is 29.8 Å². The van der Waals surface area contributed by atoms with Gasteiger partial charge in [0, 0.05) is 62.2 Å². The highest BCUT2D eigenvalue weighted by Gasteiger charge is 2.30. The molecule has 3 aromatic rings. The Bertz CT molecular complexity index is 1150. The molecule has 2 aliphatic heterocycles. The summed E-state index contributed by atoms with van der Waals surface area (Å²) in [4.78, 5) is 26.1. The van der Waals surface area contributed by atoms with Gasteiger partial charge in [-0.05, 0) is 49.2 Å². The lowest BCUT2D eigenvalue weighted by Gasteiger charge is -2.43. The predicted octanol–water partition coefficient (Wildman–Crippen LogP) is 4.66. The fraction of sp³-hybridized carbons (Fsp3) is 0.429. The highest BCUT2D eigenvalue weighted by molar-refractivity contribution is 7.15. The van der Waals surface area contributed by atoms with Gasteiger partial charge in [-0.25, -0.2) is 4.98 Å². The Balaban J connectivity index is 1.04. The van der Waals surface area contributed by atoms with Crippen LogP contribution in [0.1, 0.15) is 29.8 Å². The normalized spacial score (nSPS) is 19.3. The first-order valence-electron chi connectivity index (χ1n) is 12.8. The second-order valence-electron chi connectivity index (χ2n) is 9.79. The summed E-state index contributed by atoms with van der Waals surface area (Å²) in [5.74, 6) is 1.93. The van der Waals surface area contributed by atoms with Crippen molar-refractivity contribution in [1.29, 1.82) is 0 Å². The van der Waals surface area contributed by atoms with Crippen LogP contribution in [0.4, 0.5) is 0 Å². The Morgan fingerprint density at radius 2 is 1.69 bits per heavy atom. The number of carbonyl (C=O) groups excluding carboxylic acids is 1. The van der Waals surface area contributed by atoms with E-state index in [4.69, 9.17) is 9.72 Å². The number of nitrogens with zero attached hydrogens (tertiary/aromatic N) is 4. The number of thiazole rings is 1. The first kappa shape index (κ1) is 22.7. The first-order valence-corrected chi connectivity index (χ1v) is 13.6. The minimum Gasteiger partial charge on any atom is -0.457 e. The molecule has 0 N–H and O–H groups in total. The third-order valence-electron chi connectivity index (χ3n) is 7.51. The Hall–Kier alpha value is -2.74. The lowest BCUT2D eigenvalue weighted by Crippen LogP contribution is -2.55. The molecular weight excluding hydrogens is 456 g/mol. The topological polar surface area (TPSA) is 48.9 Å². The van der Waals surface area contributed by atoms with Crippen LogP contribution in [0.25, 0.3) is 10.6 Å². The monoisotopic (exact) mass is 488 g/mol. The van der Waals surface area contributed by atoms with E-state index in [2.05, 4.69) is 26.8 Å². The van der Waals surface area contributed by atoms with Crippen molar-refractivity contribution < 1.29 is 9.53 Å². The number of benzene rings is 2. The molecule has 3 aliphatic rings. The highest BCUT2D eigenvalue weighted by Crippen LogP contribution is 2.33. The minimum absolute atomic E-state index is 0.278. The summed E-state index contributed by atoms with van der Waals surface area (Å²) < 4.78 is 5.92. The number of hydrogen-bond acceptors (Lipinski definition) is 6. The van der Waals surface area contributed by atoms with Crippen LogP contribution < -0.4 is 4.74 Å². The number of aromatic nitrogens is 1. The average Bonchev–Trinajstić information content (AvgIpc) is 3.28. The van der Waals surface area contributed by atoms with E-state index in [0.29, 0.717) is 6.54 Å². The molecule has 2 aromatic carbocycles. The summed E-state index contributed by atoms with van der Waals surface area (Å²) in [5.41, 5.74) is 2.30. The van der Waals surface area contributed by atoms with Gasteiger partial charge in [0.2, 0.25) is 5.91 Å². The van der Waals surface area contributed by atoms with Gasteiger partial charge in [0.1, 0.15) is 16.5 Å². The summed E-state index contributed by atoms with van der Waals surface area (Å²) in [7, 11) is 0. The molecule has 0 spiro atoms. The van der Waals surface area contributed by atoms with Crippen molar-refractivity contribution in [2.75, 3.05) is 39.3 Å². The van der Waals surface area contributed by atoms with Crippen molar-refractivity contribution in [3.05, 3.63) is 65.2 Å². The Kier molecular flexibility index (Phi) is 6.55. The Labute approximate surface area is 211 Å². The molecule has 1 aromatic heterocycles. The van der Waals surface area contributed by atoms with E-state index in [9.17, 15) is 4.79 Å². The van der Waals surface area contributed by atoms with Crippen LogP contribution in [0.2, 0.25) is 0 Å². The molecule has 1 saturated carbocycles. The molecule has 3 heterocycles. The van der Waals surface area contributed by atoms with Gasteiger partial charge >= 0.3 is 0 Å². The van der Waals surface area contributed by atoms with E-state index >= 15 is 0 Å². The van der Waals surface area contributed by atoms with Gasteiger partial charge < -0.3 is 9.64 Å². The number of carbonyl (C=O) groups is 1. The summed E-state index contributed by atoms with van der Waals surface area (Å²) >= 11 is 1.75. The lowest BCUT2D eigenvalue weighted by atomic mass is 9.91. The van der Waals surface area contributed by atoms with Crippen LogP contribution in [0.5, 0.6) is 11.5 Å². The van der Waals surface area contributed by atoms with E-state index in [0.717, 1.165) is 73.8 Å². The maximum atomic E-state index is 13.0. The zero-order valence-corrected chi connectivity index (χ0v) is 20.9. The highest BCUT2D eigenvalue weighted by atomic mass is 32.1. The van der Waals surface area contributed by atoms with Gasteiger partial charge in [-0.3, -0.25) is 14.6 Å². The molecule has 2 fully saturated rings. The van der Waals surface area contributed by atoms with Crippen LogP contribution in [0, 0.1) is 0 Å². The molecular formula is C28H32N4O2S. The summed E-state index contributed by atoms with van der Waals surface area (Å²) in [6.45, 7) is 6.06. The number of hydrogen-bond donors (Lipinski definition) is 0. The molecule has 0 atom stereocenters. The standard InChI is InChI=1S/C28H32N4O2S/c33-27(32-17-15-31(16-18-32)22-5-4-6-22)20-30-14-13-25-26(19-30)35-28(29-25)21-9-11-24(12-10-21)34-23-7-2-1-3-8-23/h1-3,7-12,22H,4-6,13-20H2. The first-order chi connectivity index (χ1) is 17.2. The maximum absolute atomic E-state index is 13.0. The van der Waals surface area contributed by atoms with Crippen molar-refractivity contribution in [3.8, 4) is 22.1 Å². The van der Waals surface area contributed by atoms with Crippen molar-refractivity contribution in [2.24, 2.45) is 0 Å². The Morgan fingerprint density at radius 3 is 2.40 bits per heavy atom. The van der Waals surface area contributed by atoms with Gasteiger partial charge in [0.05, 0.1) is 12.2 Å². The fourth-order valence-corrected chi connectivity index (χ4v) is 6.33. The van der Waals surface area contributed by atoms with Crippen LogP contribution in [0.15, 0.2) is 54.6 Å². The lowest BCUT2D eigenvalue weighted by molar-refractivity contribution is -0.135. The largest absolute Gasteiger partial charge is 0.457 e. The smallest absolute Gasteiger partial charge is 0.236 e. The molecule has 1 saturated heterocycles. The number of fused-ring (bicyclic) bond motifs is 1. The molecule has 6 nitrogen and oxygen atoms in total. The number of para-hydroxylation sites is 1.